The Kier molecular flexibility index (Phi) is 5.63. The molecule has 0 radical (unpaired) electrons. The summed E-state index contributed by atoms with van der Waals surface area (Å²) in [6, 6.07) is 0. The lowest BCUT2D eigenvalue weighted by molar-refractivity contribution is -0.132. The monoisotopic (exact) mass is 211 g/mol. The van der Waals surface area contributed by atoms with Gasteiger partial charge < -0.3 is 4.90 Å². The summed E-state index contributed by atoms with van der Waals surface area (Å²) >= 11 is 0. The highest BCUT2D eigenvalue weighted by Gasteiger charge is 2.26. The van der Waals surface area contributed by atoms with Crippen LogP contribution in [0.4, 0.5) is 0 Å². The zero-order valence-corrected chi connectivity index (χ0v) is 10.7. The molecule has 2 heteroatoms. The van der Waals surface area contributed by atoms with E-state index in [0.29, 0.717) is 18.2 Å². The molecule has 1 fully saturated rings. The van der Waals surface area contributed by atoms with Gasteiger partial charge >= 0.3 is 0 Å². The van der Waals surface area contributed by atoms with Crippen molar-refractivity contribution in [2.24, 2.45) is 11.3 Å². The Labute approximate surface area is 94.4 Å². The highest BCUT2D eigenvalue weighted by atomic mass is 16.2. The van der Waals surface area contributed by atoms with Crippen LogP contribution >= 0.6 is 0 Å². The zero-order chi connectivity index (χ0) is 12.1. The molecule has 15 heavy (non-hydrogen) atoms. The third-order valence-electron chi connectivity index (χ3n) is 2.46. The van der Waals surface area contributed by atoms with Crippen LogP contribution in [0.5, 0.6) is 0 Å². The average Bonchev–Trinajstić information content (AvgIpc) is 2.52. The molecule has 0 aromatic rings. The van der Waals surface area contributed by atoms with Crippen LogP contribution in [0.15, 0.2) is 13.2 Å². The normalized spacial score (nSPS) is 20.8. The summed E-state index contributed by atoms with van der Waals surface area (Å²) in [6.07, 6.45) is 1.86. The zero-order valence-electron chi connectivity index (χ0n) is 10.7. The van der Waals surface area contributed by atoms with E-state index in [1.165, 1.54) is 6.42 Å². The molecule has 0 spiro atoms. The lowest BCUT2D eigenvalue weighted by Gasteiger charge is -2.22. The second-order valence-corrected chi connectivity index (χ2v) is 5.47. The predicted molar refractivity (Wildman–Crippen MR) is 65.7 cm³/mol. The standard InChI is InChI=1S/C11H21NO.C2H4/c1-9-5-6-12(8-9)10(13)7-11(2,3)4;1-2/h9H,5-8H2,1-4H3;1-2H2/t9-;/m1./s1. The molecule has 2 nitrogen and oxygen atoms in total. The third kappa shape index (κ3) is 5.60. The van der Waals surface area contributed by atoms with Crippen LogP contribution in [0.2, 0.25) is 0 Å². The molecule has 0 saturated carbocycles. The van der Waals surface area contributed by atoms with Crippen molar-refractivity contribution in [1.82, 2.24) is 4.90 Å². The fourth-order valence-electron chi connectivity index (χ4n) is 1.73. The molecule has 1 heterocycles. The van der Waals surface area contributed by atoms with Crippen molar-refractivity contribution < 1.29 is 4.79 Å². The summed E-state index contributed by atoms with van der Waals surface area (Å²) in [5, 5.41) is 0. The van der Waals surface area contributed by atoms with Gasteiger partial charge in [0.2, 0.25) is 5.91 Å². The number of carbonyl (C=O) groups excluding carboxylic acids is 1. The number of amides is 1. The lowest BCUT2D eigenvalue weighted by atomic mass is 9.92. The molecular formula is C13H25NO. The maximum absolute atomic E-state index is 11.7. The molecule has 0 N–H and O–H groups in total. The summed E-state index contributed by atoms with van der Waals surface area (Å²) < 4.78 is 0. The molecule has 88 valence electrons. The van der Waals surface area contributed by atoms with Crippen molar-refractivity contribution in [3.63, 3.8) is 0 Å². The van der Waals surface area contributed by atoms with Crippen molar-refractivity contribution in [2.75, 3.05) is 13.1 Å². The number of nitrogens with zero attached hydrogens (tertiary/aromatic N) is 1. The van der Waals surface area contributed by atoms with E-state index in [9.17, 15) is 4.79 Å². The van der Waals surface area contributed by atoms with E-state index < -0.39 is 0 Å². The van der Waals surface area contributed by atoms with E-state index in [0.717, 1.165) is 13.1 Å². The maximum atomic E-state index is 11.7. The van der Waals surface area contributed by atoms with Crippen LogP contribution in [0.3, 0.4) is 0 Å². The number of carbonyl (C=O) groups is 1. The van der Waals surface area contributed by atoms with Crippen LogP contribution in [0, 0.1) is 11.3 Å². The fourth-order valence-corrected chi connectivity index (χ4v) is 1.73. The minimum absolute atomic E-state index is 0.128. The van der Waals surface area contributed by atoms with Gasteiger partial charge in [0.1, 0.15) is 0 Å². The molecule has 1 aliphatic heterocycles. The summed E-state index contributed by atoms with van der Waals surface area (Å²) in [6.45, 7) is 16.5. The maximum Gasteiger partial charge on any atom is 0.223 e. The van der Waals surface area contributed by atoms with Crippen LogP contribution in [-0.2, 0) is 4.79 Å². The average molecular weight is 211 g/mol. The van der Waals surface area contributed by atoms with E-state index in [1.54, 1.807) is 0 Å². The Morgan fingerprint density at radius 3 is 2.27 bits per heavy atom. The molecule has 1 saturated heterocycles. The molecule has 1 atom stereocenters. The molecule has 0 aromatic carbocycles. The van der Waals surface area contributed by atoms with E-state index in [2.05, 4.69) is 40.9 Å². The van der Waals surface area contributed by atoms with Crippen molar-refractivity contribution >= 4 is 5.91 Å². The van der Waals surface area contributed by atoms with Crippen LogP contribution in [-0.4, -0.2) is 23.9 Å². The topological polar surface area (TPSA) is 20.3 Å². The third-order valence-corrected chi connectivity index (χ3v) is 2.46. The fraction of sp³-hybridized carbons (Fsp3) is 0.769. The first kappa shape index (κ1) is 14.2. The highest BCUT2D eigenvalue weighted by Crippen LogP contribution is 2.23. The molecule has 1 rings (SSSR count). The Morgan fingerprint density at radius 2 is 1.93 bits per heavy atom. The van der Waals surface area contributed by atoms with E-state index in [-0.39, 0.29) is 5.41 Å². The van der Waals surface area contributed by atoms with Crippen molar-refractivity contribution in [2.45, 2.75) is 40.5 Å². The largest absolute Gasteiger partial charge is 0.342 e. The molecule has 0 unspecified atom stereocenters. The summed E-state index contributed by atoms with van der Waals surface area (Å²) in [5.74, 6) is 1.03. The first-order valence-corrected chi connectivity index (χ1v) is 5.66. The van der Waals surface area contributed by atoms with Gasteiger partial charge in [-0.25, -0.2) is 0 Å². The minimum Gasteiger partial charge on any atom is -0.342 e. The van der Waals surface area contributed by atoms with Gasteiger partial charge in [0, 0.05) is 19.5 Å². The van der Waals surface area contributed by atoms with E-state index >= 15 is 0 Å². The van der Waals surface area contributed by atoms with Gasteiger partial charge in [-0.2, -0.15) is 0 Å². The second-order valence-electron chi connectivity index (χ2n) is 5.47. The molecule has 0 aromatic heterocycles. The van der Waals surface area contributed by atoms with Gasteiger partial charge in [0.15, 0.2) is 0 Å². The Hall–Kier alpha value is -0.790. The second kappa shape index (κ2) is 5.94. The van der Waals surface area contributed by atoms with Gasteiger partial charge in [-0.3, -0.25) is 4.79 Å². The molecule has 0 bridgehead atoms. The summed E-state index contributed by atoms with van der Waals surface area (Å²) in [7, 11) is 0. The van der Waals surface area contributed by atoms with Gasteiger partial charge in [-0.05, 0) is 17.8 Å². The predicted octanol–water partition coefficient (Wildman–Crippen LogP) is 3.09. The SMILES string of the molecule is C=C.C[C@@H]1CCN(C(=O)CC(C)(C)C)C1. The van der Waals surface area contributed by atoms with Crippen LogP contribution in [0.25, 0.3) is 0 Å². The Balaban J connectivity index is 0.000000921. The Morgan fingerprint density at radius 1 is 1.40 bits per heavy atom. The molecule has 1 amide bonds. The van der Waals surface area contributed by atoms with E-state index in [4.69, 9.17) is 0 Å². The van der Waals surface area contributed by atoms with Gasteiger partial charge in [0.25, 0.3) is 0 Å². The van der Waals surface area contributed by atoms with Crippen molar-refractivity contribution in [1.29, 1.82) is 0 Å². The number of hydrogen-bond acceptors (Lipinski definition) is 1. The quantitative estimate of drug-likeness (QED) is 0.610. The smallest absolute Gasteiger partial charge is 0.223 e. The van der Waals surface area contributed by atoms with Gasteiger partial charge in [-0.15, -0.1) is 13.2 Å². The first-order valence-electron chi connectivity index (χ1n) is 5.66. The van der Waals surface area contributed by atoms with Crippen LogP contribution in [0.1, 0.15) is 40.5 Å². The number of likely N-dealkylation sites (tertiary alicyclic amines) is 1. The number of hydrogen-bond donors (Lipinski definition) is 0. The van der Waals surface area contributed by atoms with Crippen molar-refractivity contribution in [3.8, 4) is 0 Å². The molecular weight excluding hydrogens is 186 g/mol. The summed E-state index contributed by atoms with van der Waals surface area (Å²) in [4.78, 5) is 13.7. The summed E-state index contributed by atoms with van der Waals surface area (Å²) in [5.41, 5.74) is 0.128. The van der Waals surface area contributed by atoms with Gasteiger partial charge in [0.05, 0.1) is 0 Å². The lowest BCUT2D eigenvalue weighted by Crippen LogP contribution is -2.31. The van der Waals surface area contributed by atoms with Crippen molar-refractivity contribution in [3.05, 3.63) is 13.2 Å². The van der Waals surface area contributed by atoms with Gasteiger partial charge in [-0.1, -0.05) is 27.7 Å². The Bertz CT molecular complexity index is 205. The number of rotatable bonds is 1. The van der Waals surface area contributed by atoms with E-state index in [1.807, 2.05) is 4.90 Å². The molecule has 1 aliphatic rings. The molecule has 0 aliphatic carbocycles. The first-order chi connectivity index (χ1) is 6.88. The highest BCUT2D eigenvalue weighted by molar-refractivity contribution is 5.77. The van der Waals surface area contributed by atoms with Crippen LogP contribution < -0.4 is 0 Å². The minimum atomic E-state index is 0.128.